The summed E-state index contributed by atoms with van der Waals surface area (Å²) in [5, 5.41) is 10.0. The molecule has 0 aliphatic rings. The van der Waals surface area contributed by atoms with Crippen molar-refractivity contribution < 1.29 is 0 Å². The number of aromatic nitrogens is 4. The van der Waals surface area contributed by atoms with Crippen molar-refractivity contribution in [3.63, 3.8) is 0 Å². The lowest BCUT2D eigenvalue weighted by atomic mass is 10.2. The number of nitrogens with zero attached hydrogens (tertiary/aromatic N) is 3. The van der Waals surface area contributed by atoms with E-state index < -0.39 is 0 Å². The number of hydrogen-bond donors (Lipinski definition) is 3. The van der Waals surface area contributed by atoms with Gasteiger partial charge in [-0.05, 0) is 19.1 Å². The highest BCUT2D eigenvalue weighted by Crippen LogP contribution is 2.16. The summed E-state index contributed by atoms with van der Waals surface area (Å²) < 4.78 is 0. The number of hydrogen-bond acceptors (Lipinski definition) is 5. The van der Waals surface area contributed by atoms with Crippen LogP contribution in [0.3, 0.4) is 0 Å². The Bertz CT molecular complexity index is 464. The number of anilines is 1. The van der Waals surface area contributed by atoms with E-state index in [0.717, 1.165) is 17.9 Å². The highest BCUT2D eigenvalue weighted by molar-refractivity contribution is 5.59. The molecule has 0 atom stereocenters. The Labute approximate surface area is 93.3 Å². The molecule has 2 rings (SSSR count). The molecule has 0 amide bonds. The van der Waals surface area contributed by atoms with Gasteiger partial charge in [0.25, 0.3) is 0 Å². The van der Waals surface area contributed by atoms with Crippen molar-refractivity contribution in [2.75, 3.05) is 11.9 Å². The first-order chi connectivity index (χ1) is 7.83. The lowest BCUT2D eigenvalue weighted by Gasteiger charge is -2.02. The molecule has 0 aromatic carbocycles. The normalized spacial score (nSPS) is 10.4. The van der Waals surface area contributed by atoms with Crippen LogP contribution in [-0.4, -0.2) is 26.7 Å². The van der Waals surface area contributed by atoms with Gasteiger partial charge in [-0.3, -0.25) is 5.10 Å². The van der Waals surface area contributed by atoms with Crippen molar-refractivity contribution >= 4 is 5.82 Å². The minimum Gasteiger partial charge on any atom is -0.370 e. The molecule has 2 aromatic rings. The largest absolute Gasteiger partial charge is 0.370 e. The highest BCUT2D eigenvalue weighted by Gasteiger charge is 2.05. The van der Waals surface area contributed by atoms with Crippen LogP contribution in [0.25, 0.3) is 11.4 Å². The third kappa shape index (κ3) is 2.17. The SMILES string of the molecule is CCNc1cc(-c2n[nH]c(CN)n2)ccn1. The molecule has 0 spiro atoms. The second-order valence-electron chi connectivity index (χ2n) is 3.27. The van der Waals surface area contributed by atoms with Crippen LogP contribution in [-0.2, 0) is 6.54 Å². The fourth-order valence-corrected chi connectivity index (χ4v) is 1.36. The van der Waals surface area contributed by atoms with Crippen LogP contribution in [0.15, 0.2) is 18.3 Å². The molecule has 6 heteroatoms. The van der Waals surface area contributed by atoms with Crippen LogP contribution >= 0.6 is 0 Å². The van der Waals surface area contributed by atoms with Crippen molar-refractivity contribution in [1.82, 2.24) is 20.2 Å². The molecule has 0 bridgehead atoms. The molecule has 16 heavy (non-hydrogen) atoms. The van der Waals surface area contributed by atoms with Gasteiger partial charge >= 0.3 is 0 Å². The molecular weight excluding hydrogens is 204 g/mol. The average Bonchev–Trinajstić information content (AvgIpc) is 2.78. The van der Waals surface area contributed by atoms with Gasteiger partial charge in [0.2, 0.25) is 0 Å². The second kappa shape index (κ2) is 4.71. The van der Waals surface area contributed by atoms with Gasteiger partial charge in [0, 0.05) is 18.3 Å². The first-order valence-corrected chi connectivity index (χ1v) is 5.15. The maximum Gasteiger partial charge on any atom is 0.181 e. The summed E-state index contributed by atoms with van der Waals surface area (Å²) in [6, 6.07) is 3.78. The first-order valence-electron chi connectivity index (χ1n) is 5.15. The molecule has 4 N–H and O–H groups in total. The zero-order valence-corrected chi connectivity index (χ0v) is 9.07. The van der Waals surface area contributed by atoms with Crippen LogP contribution < -0.4 is 11.1 Å². The van der Waals surface area contributed by atoms with Gasteiger partial charge in [-0.1, -0.05) is 0 Å². The predicted molar refractivity (Wildman–Crippen MR) is 61.7 cm³/mol. The molecule has 0 radical (unpaired) electrons. The molecule has 84 valence electrons. The third-order valence-corrected chi connectivity index (χ3v) is 2.10. The molecule has 0 saturated heterocycles. The van der Waals surface area contributed by atoms with E-state index in [-0.39, 0.29) is 0 Å². The maximum atomic E-state index is 5.46. The lowest BCUT2D eigenvalue weighted by Crippen LogP contribution is -1.99. The van der Waals surface area contributed by atoms with E-state index in [2.05, 4.69) is 25.5 Å². The zero-order valence-electron chi connectivity index (χ0n) is 9.07. The summed E-state index contributed by atoms with van der Waals surface area (Å²) in [6.45, 7) is 3.21. The van der Waals surface area contributed by atoms with Gasteiger partial charge in [0.15, 0.2) is 5.82 Å². The van der Waals surface area contributed by atoms with Gasteiger partial charge < -0.3 is 11.1 Å². The van der Waals surface area contributed by atoms with Crippen molar-refractivity contribution in [3.8, 4) is 11.4 Å². The minimum absolute atomic E-state index is 0.359. The number of pyridine rings is 1. The monoisotopic (exact) mass is 218 g/mol. The average molecular weight is 218 g/mol. The van der Waals surface area contributed by atoms with E-state index in [4.69, 9.17) is 5.73 Å². The van der Waals surface area contributed by atoms with E-state index in [1.54, 1.807) is 6.20 Å². The van der Waals surface area contributed by atoms with Crippen LogP contribution in [0.2, 0.25) is 0 Å². The Kier molecular flexibility index (Phi) is 3.11. The van der Waals surface area contributed by atoms with E-state index in [1.165, 1.54) is 0 Å². The fourth-order valence-electron chi connectivity index (χ4n) is 1.36. The van der Waals surface area contributed by atoms with E-state index in [1.807, 2.05) is 19.1 Å². The maximum absolute atomic E-state index is 5.46. The van der Waals surface area contributed by atoms with Crippen LogP contribution in [0.5, 0.6) is 0 Å². The Balaban J connectivity index is 2.28. The number of nitrogens with one attached hydrogen (secondary N) is 2. The van der Waals surface area contributed by atoms with Crippen molar-refractivity contribution in [3.05, 3.63) is 24.2 Å². The lowest BCUT2D eigenvalue weighted by molar-refractivity contribution is 0.917. The Morgan fingerprint density at radius 1 is 1.50 bits per heavy atom. The summed E-state index contributed by atoms with van der Waals surface area (Å²) in [5.74, 6) is 2.14. The highest BCUT2D eigenvalue weighted by atomic mass is 15.2. The van der Waals surface area contributed by atoms with Gasteiger partial charge in [-0.25, -0.2) is 9.97 Å². The zero-order chi connectivity index (χ0) is 11.4. The molecule has 6 nitrogen and oxygen atoms in total. The number of H-pyrrole nitrogens is 1. The summed E-state index contributed by atoms with van der Waals surface area (Å²) in [7, 11) is 0. The topological polar surface area (TPSA) is 92.5 Å². The van der Waals surface area contributed by atoms with E-state index in [9.17, 15) is 0 Å². The van der Waals surface area contributed by atoms with Crippen LogP contribution in [0, 0.1) is 0 Å². The van der Waals surface area contributed by atoms with Crippen molar-refractivity contribution in [2.24, 2.45) is 5.73 Å². The molecular formula is C10H14N6. The summed E-state index contributed by atoms with van der Waals surface area (Å²) in [4.78, 5) is 8.43. The van der Waals surface area contributed by atoms with Crippen molar-refractivity contribution in [1.29, 1.82) is 0 Å². The summed E-state index contributed by atoms with van der Waals surface area (Å²) in [6.07, 6.45) is 1.73. The fraction of sp³-hybridized carbons (Fsp3) is 0.300. The quantitative estimate of drug-likeness (QED) is 0.704. The van der Waals surface area contributed by atoms with Gasteiger partial charge in [-0.15, -0.1) is 0 Å². The number of nitrogens with two attached hydrogens (primary N) is 1. The predicted octanol–water partition coefficient (Wildman–Crippen LogP) is 0.757. The van der Waals surface area contributed by atoms with Gasteiger partial charge in [0.1, 0.15) is 11.6 Å². The second-order valence-corrected chi connectivity index (χ2v) is 3.27. The molecule has 0 unspecified atom stereocenters. The van der Waals surface area contributed by atoms with Crippen molar-refractivity contribution in [2.45, 2.75) is 13.5 Å². The molecule has 2 heterocycles. The molecule has 0 aliphatic heterocycles. The minimum atomic E-state index is 0.359. The van der Waals surface area contributed by atoms with E-state index >= 15 is 0 Å². The van der Waals surface area contributed by atoms with Gasteiger partial charge in [-0.2, -0.15) is 5.10 Å². The van der Waals surface area contributed by atoms with Crippen LogP contribution in [0.1, 0.15) is 12.7 Å². The molecule has 0 aliphatic carbocycles. The summed E-state index contributed by atoms with van der Waals surface area (Å²) in [5.41, 5.74) is 6.38. The Hall–Kier alpha value is -1.95. The van der Waals surface area contributed by atoms with E-state index in [0.29, 0.717) is 18.2 Å². The molecule has 0 fully saturated rings. The molecule has 2 aromatic heterocycles. The summed E-state index contributed by atoms with van der Waals surface area (Å²) >= 11 is 0. The third-order valence-electron chi connectivity index (χ3n) is 2.10. The Morgan fingerprint density at radius 3 is 3.06 bits per heavy atom. The smallest absolute Gasteiger partial charge is 0.181 e. The van der Waals surface area contributed by atoms with Gasteiger partial charge in [0.05, 0.1) is 6.54 Å². The standard InChI is InChI=1S/C10H14N6/c1-2-12-8-5-7(3-4-13-8)10-14-9(6-11)15-16-10/h3-5H,2,6,11H2,1H3,(H,12,13)(H,14,15,16). The number of aromatic amines is 1. The molecule has 0 saturated carbocycles. The first kappa shape index (κ1) is 10.6. The van der Waals surface area contributed by atoms with Crippen LogP contribution in [0.4, 0.5) is 5.82 Å². The Morgan fingerprint density at radius 2 is 2.38 bits per heavy atom. The number of rotatable bonds is 4.